The van der Waals surface area contributed by atoms with Crippen molar-refractivity contribution in [3.05, 3.63) is 95.3 Å². The maximum Gasteiger partial charge on any atom is 0.161 e. The molecule has 3 aromatic rings. The van der Waals surface area contributed by atoms with E-state index in [2.05, 4.69) is 22.3 Å². The van der Waals surface area contributed by atoms with Gasteiger partial charge in [0, 0.05) is 19.6 Å². The molecule has 1 atom stereocenters. The molecule has 1 N–H and O–H groups in total. The monoisotopic (exact) mass is 434 g/mol. The molecular weight excluding hydrogens is 403 g/mol. The first kappa shape index (κ1) is 22.3. The average molecular weight is 435 g/mol. The van der Waals surface area contributed by atoms with Crippen LogP contribution >= 0.6 is 0 Å². The molecule has 1 aliphatic heterocycles. The zero-order valence-corrected chi connectivity index (χ0v) is 18.6. The fourth-order valence-corrected chi connectivity index (χ4v) is 4.23. The lowest BCUT2D eigenvalue weighted by Crippen LogP contribution is -2.33. The third-order valence-corrected chi connectivity index (χ3v) is 5.72. The molecule has 4 rings (SSSR count). The van der Waals surface area contributed by atoms with E-state index >= 15 is 0 Å². The molecule has 1 aliphatic rings. The van der Waals surface area contributed by atoms with Crippen LogP contribution in [0.15, 0.2) is 72.8 Å². The highest BCUT2D eigenvalue weighted by Crippen LogP contribution is 2.36. The zero-order chi connectivity index (χ0) is 22.2. The quantitative estimate of drug-likeness (QED) is 0.529. The number of nitrogens with zero attached hydrogens (tertiary/aromatic N) is 1. The van der Waals surface area contributed by atoms with Gasteiger partial charge in [-0.3, -0.25) is 4.90 Å². The van der Waals surface area contributed by atoms with Gasteiger partial charge in [-0.05, 0) is 60.8 Å². The van der Waals surface area contributed by atoms with Crippen molar-refractivity contribution >= 4 is 0 Å². The molecule has 0 bridgehead atoms. The van der Waals surface area contributed by atoms with Crippen molar-refractivity contribution in [3.8, 4) is 11.5 Å². The van der Waals surface area contributed by atoms with E-state index in [0.29, 0.717) is 13.2 Å². The molecule has 0 spiro atoms. The molecule has 3 aromatic carbocycles. The highest BCUT2D eigenvalue weighted by molar-refractivity contribution is 5.46. The Morgan fingerprint density at radius 1 is 0.875 bits per heavy atom. The SMILES string of the molecule is CCOc1cc(C(c2cccc(F)c2)N2CCCNCC2)ccc1OCc1ccccc1. The van der Waals surface area contributed by atoms with Crippen molar-refractivity contribution in [1.82, 2.24) is 10.2 Å². The minimum absolute atomic E-state index is 0.0482. The van der Waals surface area contributed by atoms with Crippen molar-refractivity contribution in [3.63, 3.8) is 0 Å². The predicted octanol–water partition coefficient (Wildman–Crippen LogP) is 5.19. The number of ether oxygens (including phenoxy) is 2. The van der Waals surface area contributed by atoms with Gasteiger partial charge in [0.1, 0.15) is 12.4 Å². The summed E-state index contributed by atoms with van der Waals surface area (Å²) in [6, 6.07) is 23.1. The van der Waals surface area contributed by atoms with Crippen LogP contribution < -0.4 is 14.8 Å². The Kier molecular flexibility index (Phi) is 7.75. The molecule has 5 heteroatoms. The molecule has 1 heterocycles. The van der Waals surface area contributed by atoms with E-state index in [1.807, 2.05) is 49.4 Å². The van der Waals surface area contributed by atoms with Crippen molar-refractivity contribution in [1.29, 1.82) is 0 Å². The van der Waals surface area contributed by atoms with Gasteiger partial charge in [-0.25, -0.2) is 4.39 Å². The van der Waals surface area contributed by atoms with Gasteiger partial charge in [-0.15, -0.1) is 0 Å². The van der Waals surface area contributed by atoms with E-state index in [0.717, 1.165) is 60.8 Å². The molecule has 168 valence electrons. The van der Waals surface area contributed by atoms with E-state index in [-0.39, 0.29) is 11.9 Å². The summed E-state index contributed by atoms with van der Waals surface area (Å²) in [5, 5.41) is 3.46. The third-order valence-electron chi connectivity index (χ3n) is 5.72. The minimum Gasteiger partial charge on any atom is -0.490 e. The Hall–Kier alpha value is -2.89. The van der Waals surface area contributed by atoms with E-state index in [1.54, 1.807) is 12.1 Å². The summed E-state index contributed by atoms with van der Waals surface area (Å²) in [4.78, 5) is 2.42. The molecule has 1 unspecified atom stereocenters. The smallest absolute Gasteiger partial charge is 0.161 e. The molecule has 1 fully saturated rings. The maximum atomic E-state index is 14.1. The number of benzene rings is 3. The van der Waals surface area contributed by atoms with Gasteiger partial charge in [0.2, 0.25) is 0 Å². The van der Waals surface area contributed by atoms with Crippen molar-refractivity contribution in [2.24, 2.45) is 0 Å². The summed E-state index contributed by atoms with van der Waals surface area (Å²) >= 11 is 0. The first-order valence-electron chi connectivity index (χ1n) is 11.4. The minimum atomic E-state index is -0.215. The van der Waals surface area contributed by atoms with Crippen molar-refractivity contribution < 1.29 is 13.9 Å². The van der Waals surface area contributed by atoms with Gasteiger partial charge in [0.05, 0.1) is 12.6 Å². The van der Waals surface area contributed by atoms with E-state index in [9.17, 15) is 4.39 Å². The fraction of sp³-hybridized carbons (Fsp3) is 0.333. The van der Waals surface area contributed by atoms with Crippen LogP contribution in [0.2, 0.25) is 0 Å². The second-order valence-electron chi connectivity index (χ2n) is 8.01. The number of hydrogen-bond donors (Lipinski definition) is 1. The zero-order valence-electron chi connectivity index (χ0n) is 18.6. The Labute approximate surface area is 190 Å². The van der Waals surface area contributed by atoms with Gasteiger partial charge in [0.25, 0.3) is 0 Å². The molecule has 0 aromatic heterocycles. The summed E-state index contributed by atoms with van der Waals surface area (Å²) in [6.45, 7) is 6.76. The lowest BCUT2D eigenvalue weighted by Gasteiger charge is -2.32. The first-order valence-corrected chi connectivity index (χ1v) is 11.4. The Balaban J connectivity index is 1.66. The molecule has 1 saturated heterocycles. The lowest BCUT2D eigenvalue weighted by atomic mass is 9.96. The summed E-state index contributed by atoms with van der Waals surface area (Å²) in [5.41, 5.74) is 3.13. The molecule has 0 saturated carbocycles. The van der Waals surface area contributed by atoms with Crippen LogP contribution in [0.25, 0.3) is 0 Å². The number of nitrogens with one attached hydrogen (secondary N) is 1. The Bertz CT molecular complexity index is 988. The topological polar surface area (TPSA) is 33.7 Å². The van der Waals surface area contributed by atoms with Crippen molar-refractivity contribution in [2.45, 2.75) is 26.0 Å². The molecule has 0 aliphatic carbocycles. The van der Waals surface area contributed by atoms with Gasteiger partial charge in [0.15, 0.2) is 11.5 Å². The second-order valence-corrected chi connectivity index (χ2v) is 8.01. The molecule has 0 amide bonds. The lowest BCUT2D eigenvalue weighted by molar-refractivity contribution is 0.238. The predicted molar refractivity (Wildman–Crippen MR) is 126 cm³/mol. The summed E-state index contributed by atoms with van der Waals surface area (Å²) < 4.78 is 26.2. The molecule has 32 heavy (non-hydrogen) atoms. The van der Waals surface area contributed by atoms with Crippen LogP contribution in [0.5, 0.6) is 11.5 Å². The number of halogens is 1. The highest BCUT2D eigenvalue weighted by Gasteiger charge is 2.25. The number of rotatable bonds is 8. The normalized spacial score (nSPS) is 15.7. The Morgan fingerprint density at radius 3 is 2.53 bits per heavy atom. The summed E-state index contributed by atoms with van der Waals surface area (Å²) in [5.74, 6) is 1.22. The van der Waals surface area contributed by atoms with Crippen LogP contribution in [0.1, 0.15) is 36.1 Å². The standard InChI is InChI=1S/C27H31FN2O2/c1-2-31-26-19-23(12-13-25(26)32-20-21-8-4-3-5-9-21)27(22-10-6-11-24(28)18-22)30-16-7-14-29-15-17-30/h3-6,8-13,18-19,27,29H,2,7,14-17,20H2,1H3. The maximum absolute atomic E-state index is 14.1. The molecular formula is C27H31FN2O2. The van der Waals surface area contributed by atoms with Crippen LogP contribution in [-0.4, -0.2) is 37.7 Å². The fourth-order valence-electron chi connectivity index (χ4n) is 4.23. The summed E-state index contributed by atoms with van der Waals surface area (Å²) in [7, 11) is 0. The molecule has 4 nitrogen and oxygen atoms in total. The van der Waals surface area contributed by atoms with Gasteiger partial charge >= 0.3 is 0 Å². The van der Waals surface area contributed by atoms with Crippen LogP contribution in [0.4, 0.5) is 4.39 Å². The van der Waals surface area contributed by atoms with E-state index in [1.165, 1.54) is 6.07 Å². The largest absolute Gasteiger partial charge is 0.490 e. The number of hydrogen-bond acceptors (Lipinski definition) is 4. The van der Waals surface area contributed by atoms with Gasteiger partial charge in [-0.1, -0.05) is 48.5 Å². The van der Waals surface area contributed by atoms with Crippen LogP contribution in [0, 0.1) is 5.82 Å². The average Bonchev–Trinajstić information content (AvgIpc) is 3.09. The van der Waals surface area contributed by atoms with Gasteiger partial charge < -0.3 is 14.8 Å². The first-order chi connectivity index (χ1) is 15.7. The van der Waals surface area contributed by atoms with E-state index in [4.69, 9.17) is 9.47 Å². The summed E-state index contributed by atoms with van der Waals surface area (Å²) in [6.07, 6.45) is 1.06. The van der Waals surface area contributed by atoms with E-state index < -0.39 is 0 Å². The highest BCUT2D eigenvalue weighted by atomic mass is 19.1. The van der Waals surface area contributed by atoms with Crippen LogP contribution in [0.3, 0.4) is 0 Å². The second kappa shape index (κ2) is 11.1. The van der Waals surface area contributed by atoms with Gasteiger partial charge in [-0.2, -0.15) is 0 Å². The van der Waals surface area contributed by atoms with Crippen LogP contribution in [-0.2, 0) is 6.61 Å². The molecule has 0 radical (unpaired) electrons. The Morgan fingerprint density at radius 2 is 1.72 bits per heavy atom. The van der Waals surface area contributed by atoms with Crippen molar-refractivity contribution in [2.75, 3.05) is 32.8 Å². The third kappa shape index (κ3) is 5.67.